The maximum Gasteiger partial charge on any atom is 0.241 e. The molecule has 0 unspecified atom stereocenters. The standard InChI is InChI=1S/C25H26N2O3/c1-26(16-19-12-14-21(29-2)15-13-19)17-25(28)27-22-10-6-7-11-24(22)30-18-23(27)20-8-4-3-5-9-20/h3-15,23H,16-18H2,1-2H3/t23-/m0/s1. The molecule has 154 valence electrons. The smallest absolute Gasteiger partial charge is 0.241 e. The van der Waals surface area contributed by atoms with Gasteiger partial charge in [0.05, 0.1) is 25.4 Å². The van der Waals surface area contributed by atoms with Crippen molar-refractivity contribution in [2.75, 3.05) is 32.2 Å². The average molecular weight is 402 g/mol. The minimum absolute atomic E-state index is 0.0515. The first-order valence-corrected chi connectivity index (χ1v) is 10.1. The predicted octanol–water partition coefficient (Wildman–Crippen LogP) is 4.29. The first-order valence-electron chi connectivity index (χ1n) is 10.1. The number of benzene rings is 3. The number of anilines is 1. The molecule has 30 heavy (non-hydrogen) atoms. The van der Waals surface area contributed by atoms with Crippen LogP contribution in [0.15, 0.2) is 78.9 Å². The lowest BCUT2D eigenvalue weighted by molar-refractivity contribution is -0.120. The molecule has 1 aliphatic heterocycles. The zero-order valence-electron chi connectivity index (χ0n) is 17.3. The van der Waals surface area contributed by atoms with Crippen LogP contribution in [-0.4, -0.2) is 38.1 Å². The molecule has 0 N–H and O–H groups in total. The molecule has 0 saturated carbocycles. The van der Waals surface area contributed by atoms with E-state index in [0.29, 0.717) is 19.7 Å². The Morgan fingerprint density at radius 1 is 1.03 bits per heavy atom. The molecule has 0 fully saturated rings. The van der Waals surface area contributed by atoms with E-state index in [1.165, 1.54) is 0 Å². The third kappa shape index (κ3) is 4.31. The fourth-order valence-corrected chi connectivity index (χ4v) is 3.82. The predicted molar refractivity (Wildman–Crippen MR) is 118 cm³/mol. The van der Waals surface area contributed by atoms with Crippen molar-refractivity contribution in [2.24, 2.45) is 0 Å². The molecule has 3 aromatic rings. The van der Waals surface area contributed by atoms with Crippen LogP contribution in [-0.2, 0) is 11.3 Å². The molecule has 3 aromatic carbocycles. The third-order valence-corrected chi connectivity index (χ3v) is 5.30. The Bertz CT molecular complexity index is 989. The Kier molecular flexibility index (Phi) is 6.00. The van der Waals surface area contributed by atoms with Gasteiger partial charge in [-0.15, -0.1) is 0 Å². The Hall–Kier alpha value is -3.31. The number of ether oxygens (including phenoxy) is 2. The van der Waals surface area contributed by atoms with Gasteiger partial charge >= 0.3 is 0 Å². The van der Waals surface area contributed by atoms with Crippen molar-refractivity contribution in [2.45, 2.75) is 12.6 Å². The van der Waals surface area contributed by atoms with E-state index in [2.05, 4.69) is 0 Å². The molecule has 0 bridgehead atoms. The van der Waals surface area contributed by atoms with Crippen LogP contribution >= 0.6 is 0 Å². The quantitative estimate of drug-likeness (QED) is 0.617. The fourth-order valence-electron chi connectivity index (χ4n) is 3.82. The maximum atomic E-state index is 13.5. The topological polar surface area (TPSA) is 42.0 Å². The lowest BCUT2D eigenvalue weighted by atomic mass is 10.0. The van der Waals surface area contributed by atoms with Crippen LogP contribution in [0.1, 0.15) is 17.2 Å². The van der Waals surface area contributed by atoms with Crippen molar-refractivity contribution in [1.82, 2.24) is 4.90 Å². The Balaban J connectivity index is 1.54. The van der Waals surface area contributed by atoms with Crippen LogP contribution in [0.3, 0.4) is 0 Å². The van der Waals surface area contributed by atoms with Crippen LogP contribution in [0.25, 0.3) is 0 Å². The van der Waals surface area contributed by atoms with Gasteiger partial charge in [-0.3, -0.25) is 14.6 Å². The number of rotatable bonds is 6. The molecular weight excluding hydrogens is 376 g/mol. The third-order valence-electron chi connectivity index (χ3n) is 5.30. The van der Waals surface area contributed by atoms with Crippen molar-refractivity contribution < 1.29 is 14.3 Å². The van der Waals surface area contributed by atoms with Gasteiger partial charge in [0.1, 0.15) is 18.1 Å². The molecule has 1 heterocycles. The maximum absolute atomic E-state index is 13.5. The van der Waals surface area contributed by atoms with Gasteiger partial charge in [0.25, 0.3) is 0 Å². The number of amides is 1. The van der Waals surface area contributed by atoms with Gasteiger partial charge in [-0.05, 0) is 42.4 Å². The van der Waals surface area contributed by atoms with E-state index in [4.69, 9.17) is 9.47 Å². The molecule has 1 aliphatic rings. The largest absolute Gasteiger partial charge is 0.497 e. The number of carbonyl (C=O) groups excluding carboxylic acids is 1. The summed E-state index contributed by atoms with van der Waals surface area (Å²) in [6.07, 6.45) is 0. The van der Waals surface area contributed by atoms with Gasteiger partial charge in [-0.2, -0.15) is 0 Å². The highest BCUT2D eigenvalue weighted by molar-refractivity contribution is 5.97. The summed E-state index contributed by atoms with van der Waals surface area (Å²) in [5, 5.41) is 0. The first kappa shape index (κ1) is 20.0. The van der Waals surface area contributed by atoms with Crippen molar-refractivity contribution in [1.29, 1.82) is 0 Å². The second-order valence-electron chi connectivity index (χ2n) is 7.49. The SMILES string of the molecule is COc1ccc(CN(C)CC(=O)N2c3ccccc3OC[C@H]2c2ccccc2)cc1. The number of carbonyl (C=O) groups is 1. The van der Waals surface area contributed by atoms with Crippen molar-refractivity contribution in [3.05, 3.63) is 90.0 Å². The lowest BCUT2D eigenvalue weighted by Gasteiger charge is -2.38. The zero-order valence-corrected chi connectivity index (χ0v) is 17.3. The summed E-state index contributed by atoms with van der Waals surface area (Å²) in [5.41, 5.74) is 3.02. The highest BCUT2D eigenvalue weighted by Gasteiger charge is 2.33. The summed E-state index contributed by atoms with van der Waals surface area (Å²) in [6.45, 7) is 1.43. The number of likely N-dealkylation sites (N-methyl/N-ethyl adjacent to an activating group) is 1. The molecule has 0 spiro atoms. The summed E-state index contributed by atoms with van der Waals surface area (Å²) in [7, 11) is 3.62. The highest BCUT2D eigenvalue weighted by Crippen LogP contribution is 2.39. The van der Waals surface area contributed by atoms with Crippen LogP contribution in [0.2, 0.25) is 0 Å². The summed E-state index contributed by atoms with van der Waals surface area (Å²) >= 11 is 0. The molecule has 1 amide bonds. The molecule has 1 atom stereocenters. The Morgan fingerprint density at radius 2 is 1.73 bits per heavy atom. The number of para-hydroxylation sites is 2. The normalized spacial score (nSPS) is 15.4. The first-order chi connectivity index (χ1) is 14.7. The van der Waals surface area contributed by atoms with E-state index in [0.717, 1.165) is 28.3 Å². The number of hydrogen-bond donors (Lipinski definition) is 0. The lowest BCUT2D eigenvalue weighted by Crippen LogP contribution is -2.45. The summed E-state index contributed by atoms with van der Waals surface area (Å²) in [4.78, 5) is 17.4. The van der Waals surface area contributed by atoms with Crippen LogP contribution in [0.4, 0.5) is 5.69 Å². The van der Waals surface area contributed by atoms with E-state index >= 15 is 0 Å². The van der Waals surface area contributed by atoms with Crippen molar-refractivity contribution >= 4 is 11.6 Å². The highest BCUT2D eigenvalue weighted by atomic mass is 16.5. The van der Waals surface area contributed by atoms with Crippen molar-refractivity contribution in [3.63, 3.8) is 0 Å². The number of nitrogens with zero attached hydrogens (tertiary/aromatic N) is 2. The van der Waals surface area contributed by atoms with Gasteiger partial charge < -0.3 is 9.47 Å². The van der Waals surface area contributed by atoms with Gasteiger partial charge in [0, 0.05) is 6.54 Å². The molecule has 0 radical (unpaired) electrons. The van der Waals surface area contributed by atoms with E-state index < -0.39 is 0 Å². The van der Waals surface area contributed by atoms with Gasteiger partial charge in [-0.25, -0.2) is 0 Å². The summed E-state index contributed by atoms with van der Waals surface area (Å²) < 4.78 is 11.2. The number of methoxy groups -OCH3 is 1. The molecule has 5 heteroatoms. The van der Waals surface area contributed by atoms with Crippen LogP contribution < -0.4 is 14.4 Å². The van der Waals surface area contributed by atoms with E-state index in [1.807, 2.05) is 95.7 Å². The van der Waals surface area contributed by atoms with E-state index in [-0.39, 0.29) is 11.9 Å². The number of fused-ring (bicyclic) bond motifs is 1. The molecule has 4 rings (SSSR count). The Morgan fingerprint density at radius 3 is 2.47 bits per heavy atom. The average Bonchev–Trinajstić information content (AvgIpc) is 2.79. The minimum Gasteiger partial charge on any atom is -0.497 e. The van der Waals surface area contributed by atoms with Gasteiger partial charge in [0.15, 0.2) is 0 Å². The van der Waals surface area contributed by atoms with Crippen molar-refractivity contribution in [3.8, 4) is 11.5 Å². The second kappa shape index (κ2) is 9.01. The monoisotopic (exact) mass is 402 g/mol. The number of hydrogen-bond acceptors (Lipinski definition) is 4. The Labute approximate surface area is 177 Å². The summed E-state index contributed by atoms with van der Waals surface area (Å²) in [6, 6.07) is 25.6. The summed E-state index contributed by atoms with van der Waals surface area (Å²) in [5.74, 6) is 1.62. The molecule has 5 nitrogen and oxygen atoms in total. The van der Waals surface area contributed by atoms with Crippen LogP contribution in [0.5, 0.6) is 11.5 Å². The van der Waals surface area contributed by atoms with Crippen LogP contribution in [0, 0.1) is 0 Å². The zero-order chi connectivity index (χ0) is 20.9. The fraction of sp³-hybridized carbons (Fsp3) is 0.240. The van der Waals surface area contributed by atoms with Gasteiger partial charge in [-0.1, -0.05) is 54.6 Å². The molecule has 0 aliphatic carbocycles. The molecular formula is C25H26N2O3. The second-order valence-corrected chi connectivity index (χ2v) is 7.49. The molecule has 0 saturated heterocycles. The van der Waals surface area contributed by atoms with E-state index in [9.17, 15) is 4.79 Å². The molecule has 0 aromatic heterocycles. The van der Waals surface area contributed by atoms with Gasteiger partial charge in [0.2, 0.25) is 5.91 Å². The van der Waals surface area contributed by atoms with E-state index in [1.54, 1.807) is 7.11 Å². The minimum atomic E-state index is -0.150.